The number of rotatable bonds is 4. The fourth-order valence-electron chi connectivity index (χ4n) is 1.79. The van der Waals surface area contributed by atoms with Crippen molar-refractivity contribution in [2.45, 2.75) is 6.42 Å². The first-order valence-electron chi connectivity index (χ1n) is 6.29. The van der Waals surface area contributed by atoms with E-state index in [0.29, 0.717) is 29.7 Å². The predicted octanol–water partition coefficient (Wildman–Crippen LogP) is 1.71. The van der Waals surface area contributed by atoms with Gasteiger partial charge in [-0.05, 0) is 23.8 Å². The molecule has 3 rings (SSSR count). The first-order valence-corrected chi connectivity index (χ1v) is 6.29. The van der Waals surface area contributed by atoms with E-state index in [9.17, 15) is 0 Å². The van der Waals surface area contributed by atoms with Crippen LogP contribution in [0.4, 0.5) is 5.69 Å². The van der Waals surface area contributed by atoms with Gasteiger partial charge in [0, 0.05) is 11.8 Å². The molecule has 21 heavy (non-hydrogen) atoms. The van der Waals surface area contributed by atoms with Crippen LogP contribution in [0.3, 0.4) is 0 Å². The summed E-state index contributed by atoms with van der Waals surface area (Å²) in [6.45, 7) is 0. The molecule has 7 heteroatoms. The molecule has 2 N–H and O–H groups in total. The van der Waals surface area contributed by atoms with Crippen LogP contribution in [0, 0.1) is 0 Å². The maximum atomic E-state index is 5.65. The lowest BCUT2D eigenvalue weighted by Crippen LogP contribution is -1.93. The number of nitrogens with zero attached hydrogens (tertiary/aromatic N) is 4. The molecule has 1 aromatic carbocycles. The summed E-state index contributed by atoms with van der Waals surface area (Å²) in [5.74, 6) is 1.34. The molecule has 2 aromatic heterocycles. The molecule has 2 heterocycles. The Morgan fingerprint density at radius 3 is 2.57 bits per heavy atom. The third kappa shape index (κ3) is 2.97. The van der Waals surface area contributed by atoms with E-state index in [1.165, 1.54) is 7.11 Å². The fourth-order valence-corrected chi connectivity index (χ4v) is 1.79. The SMILES string of the molecule is COc1ccc(-c2noc(Cc3ccc(N)cc3)n2)nn1. The summed E-state index contributed by atoms with van der Waals surface area (Å²) in [6, 6.07) is 10.9. The molecular formula is C14H13N5O2. The molecule has 0 aliphatic rings. The van der Waals surface area contributed by atoms with Gasteiger partial charge in [0.1, 0.15) is 5.69 Å². The molecule has 0 fully saturated rings. The molecule has 0 aliphatic carbocycles. The Balaban J connectivity index is 1.77. The van der Waals surface area contributed by atoms with E-state index >= 15 is 0 Å². The molecule has 0 amide bonds. The van der Waals surface area contributed by atoms with Crippen molar-refractivity contribution in [1.82, 2.24) is 20.3 Å². The van der Waals surface area contributed by atoms with E-state index in [2.05, 4.69) is 20.3 Å². The Morgan fingerprint density at radius 1 is 1.10 bits per heavy atom. The molecule has 0 saturated carbocycles. The highest BCUT2D eigenvalue weighted by Gasteiger charge is 2.11. The van der Waals surface area contributed by atoms with Crippen molar-refractivity contribution in [3.8, 4) is 17.4 Å². The fraction of sp³-hybridized carbons (Fsp3) is 0.143. The second-order valence-electron chi connectivity index (χ2n) is 4.39. The Bertz CT molecular complexity index is 722. The van der Waals surface area contributed by atoms with Crippen LogP contribution in [-0.2, 0) is 6.42 Å². The van der Waals surface area contributed by atoms with E-state index in [0.717, 1.165) is 11.3 Å². The highest BCUT2D eigenvalue weighted by molar-refractivity contribution is 5.47. The lowest BCUT2D eigenvalue weighted by atomic mass is 10.1. The minimum Gasteiger partial charge on any atom is -0.480 e. The van der Waals surface area contributed by atoms with E-state index in [-0.39, 0.29) is 0 Å². The van der Waals surface area contributed by atoms with Gasteiger partial charge in [-0.2, -0.15) is 4.98 Å². The molecular weight excluding hydrogens is 270 g/mol. The molecule has 0 unspecified atom stereocenters. The smallest absolute Gasteiger partial charge is 0.233 e. The van der Waals surface area contributed by atoms with Gasteiger partial charge >= 0.3 is 0 Å². The van der Waals surface area contributed by atoms with Crippen molar-refractivity contribution in [2.24, 2.45) is 0 Å². The van der Waals surface area contributed by atoms with Gasteiger partial charge < -0.3 is 15.0 Å². The second kappa shape index (κ2) is 5.58. The summed E-state index contributed by atoms with van der Waals surface area (Å²) in [5, 5.41) is 11.7. The van der Waals surface area contributed by atoms with Crippen LogP contribution in [0.2, 0.25) is 0 Å². The molecule has 7 nitrogen and oxygen atoms in total. The van der Waals surface area contributed by atoms with Crippen molar-refractivity contribution in [1.29, 1.82) is 0 Å². The summed E-state index contributed by atoms with van der Waals surface area (Å²) >= 11 is 0. The van der Waals surface area contributed by atoms with Gasteiger partial charge in [0.2, 0.25) is 17.6 Å². The number of nitrogen functional groups attached to an aromatic ring is 1. The monoisotopic (exact) mass is 283 g/mol. The normalized spacial score (nSPS) is 10.5. The third-order valence-corrected chi connectivity index (χ3v) is 2.88. The zero-order chi connectivity index (χ0) is 14.7. The Morgan fingerprint density at radius 2 is 1.90 bits per heavy atom. The van der Waals surface area contributed by atoms with Crippen LogP contribution < -0.4 is 10.5 Å². The highest BCUT2D eigenvalue weighted by Crippen LogP contribution is 2.16. The molecule has 0 saturated heterocycles. The molecule has 0 atom stereocenters. The molecule has 3 aromatic rings. The zero-order valence-corrected chi connectivity index (χ0v) is 11.4. The van der Waals surface area contributed by atoms with Gasteiger partial charge in [0.05, 0.1) is 13.5 Å². The lowest BCUT2D eigenvalue weighted by Gasteiger charge is -1.97. The third-order valence-electron chi connectivity index (χ3n) is 2.88. The number of methoxy groups -OCH3 is 1. The van der Waals surface area contributed by atoms with Crippen LogP contribution in [0.15, 0.2) is 40.9 Å². The minimum absolute atomic E-state index is 0.399. The van der Waals surface area contributed by atoms with Crippen LogP contribution in [0.5, 0.6) is 5.88 Å². The molecule has 0 aliphatic heterocycles. The lowest BCUT2D eigenvalue weighted by molar-refractivity contribution is 0.384. The summed E-state index contributed by atoms with van der Waals surface area (Å²) < 4.78 is 10.2. The van der Waals surface area contributed by atoms with Gasteiger partial charge in [-0.25, -0.2) is 0 Å². The van der Waals surface area contributed by atoms with Crippen molar-refractivity contribution in [3.05, 3.63) is 47.9 Å². The van der Waals surface area contributed by atoms with Gasteiger partial charge in [-0.3, -0.25) is 0 Å². The summed E-state index contributed by atoms with van der Waals surface area (Å²) in [5.41, 5.74) is 7.94. The molecule has 106 valence electrons. The minimum atomic E-state index is 0.399. The van der Waals surface area contributed by atoms with Gasteiger partial charge in [-0.1, -0.05) is 17.3 Å². The second-order valence-corrected chi connectivity index (χ2v) is 4.39. The van der Waals surface area contributed by atoms with E-state index in [4.69, 9.17) is 15.0 Å². The van der Waals surface area contributed by atoms with E-state index < -0.39 is 0 Å². The van der Waals surface area contributed by atoms with Crippen LogP contribution >= 0.6 is 0 Å². The number of hydrogen-bond acceptors (Lipinski definition) is 7. The topological polar surface area (TPSA) is 100.0 Å². The van der Waals surface area contributed by atoms with Crippen LogP contribution in [0.25, 0.3) is 11.5 Å². The average Bonchev–Trinajstić information content (AvgIpc) is 2.98. The van der Waals surface area contributed by atoms with Crippen molar-refractivity contribution in [2.75, 3.05) is 12.8 Å². The Kier molecular flexibility index (Phi) is 3.46. The summed E-state index contributed by atoms with van der Waals surface area (Å²) in [6.07, 6.45) is 0.539. The van der Waals surface area contributed by atoms with Gasteiger partial charge in [0.15, 0.2) is 0 Å². The Hall–Kier alpha value is -2.96. The maximum absolute atomic E-state index is 5.65. The molecule has 0 bridgehead atoms. The first kappa shape index (κ1) is 13.0. The first-order chi connectivity index (χ1) is 10.2. The number of ether oxygens (including phenoxy) is 1. The van der Waals surface area contributed by atoms with Gasteiger partial charge in [0.25, 0.3) is 0 Å². The van der Waals surface area contributed by atoms with Crippen molar-refractivity contribution < 1.29 is 9.26 Å². The number of nitrogens with two attached hydrogens (primary N) is 1. The largest absolute Gasteiger partial charge is 0.480 e. The van der Waals surface area contributed by atoms with Crippen molar-refractivity contribution in [3.63, 3.8) is 0 Å². The van der Waals surface area contributed by atoms with Crippen molar-refractivity contribution >= 4 is 5.69 Å². The van der Waals surface area contributed by atoms with E-state index in [1.54, 1.807) is 12.1 Å². The molecule has 0 spiro atoms. The standard InChI is InChI=1S/C14H13N5O2/c1-20-12-7-6-11(17-18-12)14-16-13(21-19-14)8-9-2-4-10(15)5-3-9/h2-7H,8,15H2,1H3. The average molecular weight is 283 g/mol. The quantitative estimate of drug-likeness (QED) is 0.727. The van der Waals surface area contributed by atoms with Crippen LogP contribution in [0.1, 0.15) is 11.5 Å². The number of aromatic nitrogens is 4. The molecule has 0 radical (unpaired) electrons. The summed E-state index contributed by atoms with van der Waals surface area (Å²) in [7, 11) is 1.53. The number of anilines is 1. The van der Waals surface area contributed by atoms with Gasteiger partial charge in [-0.15, -0.1) is 10.2 Å². The number of benzene rings is 1. The summed E-state index contributed by atoms with van der Waals surface area (Å²) in [4.78, 5) is 4.30. The van der Waals surface area contributed by atoms with Crippen LogP contribution in [-0.4, -0.2) is 27.4 Å². The maximum Gasteiger partial charge on any atom is 0.233 e. The van der Waals surface area contributed by atoms with E-state index in [1.807, 2.05) is 24.3 Å². The Labute approximate surface area is 120 Å². The number of hydrogen-bond donors (Lipinski definition) is 1. The zero-order valence-electron chi connectivity index (χ0n) is 11.4. The predicted molar refractivity (Wildman–Crippen MR) is 75.5 cm³/mol. The highest BCUT2D eigenvalue weighted by atomic mass is 16.5.